The molecule has 0 saturated carbocycles. The van der Waals surface area contributed by atoms with E-state index in [4.69, 9.17) is 5.11 Å². The van der Waals surface area contributed by atoms with E-state index in [9.17, 15) is 13.2 Å². The summed E-state index contributed by atoms with van der Waals surface area (Å²) in [6, 6.07) is 0. The minimum Gasteiger partial charge on any atom is -0.392 e. The van der Waals surface area contributed by atoms with Gasteiger partial charge in [-0.3, -0.25) is 0 Å². The first kappa shape index (κ1) is 13.9. The fourth-order valence-electron chi connectivity index (χ4n) is 1.25. The van der Waals surface area contributed by atoms with Crippen molar-refractivity contribution in [2.45, 2.75) is 19.2 Å². The van der Waals surface area contributed by atoms with Crippen molar-refractivity contribution in [1.82, 2.24) is 14.9 Å². The van der Waals surface area contributed by atoms with E-state index in [0.29, 0.717) is 13.0 Å². The summed E-state index contributed by atoms with van der Waals surface area (Å²) in [4.78, 5) is 9.09. The minimum absolute atomic E-state index is 0.128. The van der Waals surface area contributed by atoms with E-state index in [1.54, 1.807) is 0 Å². The zero-order valence-corrected chi connectivity index (χ0v) is 9.62. The molecule has 0 spiro atoms. The highest BCUT2D eigenvalue weighted by Crippen LogP contribution is 2.30. The maximum atomic E-state index is 12.6. The largest absolute Gasteiger partial charge is 0.433 e. The van der Waals surface area contributed by atoms with Gasteiger partial charge in [-0.1, -0.05) is 0 Å². The van der Waals surface area contributed by atoms with Crippen LogP contribution in [0, 0.1) is 0 Å². The quantitative estimate of drug-likeness (QED) is 0.867. The number of aromatic nitrogens is 2. The van der Waals surface area contributed by atoms with Crippen LogP contribution < -0.4 is 0 Å². The molecular weight excluding hydrogens is 235 g/mol. The molecule has 0 aliphatic heterocycles. The van der Waals surface area contributed by atoms with Crippen molar-refractivity contribution in [3.05, 3.63) is 23.3 Å². The summed E-state index contributed by atoms with van der Waals surface area (Å²) in [6.07, 6.45) is -3.20. The third-order valence-electron chi connectivity index (χ3n) is 2.14. The Bertz CT molecular complexity index is 380. The number of aliphatic hydroxyl groups excluding tert-OH is 1. The van der Waals surface area contributed by atoms with Crippen molar-refractivity contribution in [2.75, 3.05) is 20.6 Å². The Kier molecular flexibility index (Phi) is 4.41. The molecule has 7 heteroatoms. The van der Waals surface area contributed by atoms with Gasteiger partial charge in [-0.05, 0) is 14.1 Å². The molecule has 0 bridgehead atoms. The molecule has 0 unspecified atom stereocenters. The lowest BCUT2D eigenvalue weighted by Gasteiger charge is -2.12. The van der Waals surface area contributed by atoms with Crippen LogP contribution in [0.4, 0.5) is 13.2 Å². The molecule has 1 aromatic rings. The van der Waals surface area contributed by atoms with Gasteiger partial charge < -0.3 is 10.0 Å². The summed E-state index contributed by atoms with van der Waals surface area (Å²) < 4.78 is 37.8. The Morgan fingerprint density at radius 1 is 1.35 bits per heavy atom. The van der Waals surface area contributed by atoms with Gasteiger partial charge in [0.15, 0.2) is 5.69 Å². The van der Waals surface area contributed by atoms with Crippen LogP contribution in [-0.4, -0.2) is 40.6 Å². The van der Waals surface area contributed by atoms with Gasteiger partial charge in [0.1, 0.15) is 5.82 Å². The van der Waals surface area contributed by atoms with Crippen molar-refractivity contribution < 1.29 is 18.3 Å². The molecule has 96 valence electrons. The summed E-state index contributed by atoms with van der Waals surface area (Å²) >= 11 is 0. The van der Waals surface area contributed by atoms with Crippen molar-refractivity contribution in [3.63, 3.8) is 0 Å². The Morgan fingerprint density at radius 2 is 2.00 bits per heavy atom. The predicted molar refractivity (Wildman–Crippen MR) is 55.2 cm³/mol. The van der Waals surface area contributed by atoms with Crippen LogP contribution in [0.5, 0.6) is 0 Å². The van der Waals surface area contributed by atoms with Gasteiger partial charge >= 0.3 is 6.18 Å². The van der Waals surface area contributed by atoms with E-state index in [2.05, 4.69) is 9.97 Å². The van der Waals surface area contributed by atoms with E-state index in [-0.39, 0.29) is 11.4 Å². The Hall–Kier alpha value is -1.21. The number of nitrogens with zero attached hydrogens (tertiary/aromatic N) is 3. The van der Waals surface area contributed by atoms with Crippen LogP contribution in [0.15, 0.2) is 6.20 Å². The Labute approximate surface area is 97.1 Å². The lowest BCUT2D eigenvalue weighted by Crippen LogP contribution is -2.19. The molecule has 0 saturated heterocycles. The van der Waals surface area contributed by atoms with Crippen LogP contribution >= 0.6 is 0 Å². The van der Waals surface area contributed by atoms with E-state index < -0.39 is 18.5 Å². The molecule has 4 nitrogen and oxygen atoms in total. The molecule has 1 aromatic heterocycles. The smallest absolute Gasteiger partial charge is 0.392 e. The van der Waals surface area contributed by atoms with Crippen LogP contribution in [0.2, 0.25) is 0 Å². The standard InChI is InChI=1S/C10H14F3N3O/c1-16(2)4-3-8-14-5-7(6-17)9(15-8)10(11,12)13/h5,17H,3-4,6H2,1-2H3. The molecule has 0 fully saturated rings. The van der Waals surface area contributed by atoms with E-state index >= 15 is 0 Å². The van der Waals surface area contributed by atoms with Crippen LogP contribution in [0.25, 0.3) is 0 Å². The maximum Gasteiger partial charge on any atom is 0.433 e. The number of hydrogen-bond acceptors (Lipinski definition) is 4. The highest BCUT2D eigenvalue weighted by atomic mass is 19.4. The van der Waals surface area contributed by atoms with Crippen molar-refractivity contribution in [3.8, 4) is 0 Å². The van der Waals surface area contributed by atoms with Crippen molar-refractivity contribution in [1.29, 1.82) is 0 Å². The van der Waals surface area contributed by atoms with Crippen LogP contribution in [0.3, 0.4) is 0 Å². The van der Waals surface area contributed by atoms with Gasteiger partial charge in [0, 0.05) is 24.7 Å². The van der Waals surface area contributed by atoms with Gasteiger partial charge in [-0.25, -0.2) is 9.97 Å². The third-order valence-corrected chi connectivity index (χ3v) is 2.14. The first-order valence-electron chi connectivity index (χ1n) is 5.02. The molecular formula is C10H14F3N3O. The van der Waals surface area contributed by atoms with E-state index in [1.807, 2.05) is 19.0 Å². The molecule has 0 amide bonds. The topological polar surface area (TPSA) is 49.2 Å². The minimum atomic E-state index is -4.56. The molecule has 17 heavy (non-hydrogen) atoms. The highest BCUT2D eigenvalue weighted by Gasteiger charge is 2.35. The molecule has 1 N–H and O–H groups in total. The molecule has 0 aromatic carbocycles. The lowest BCUT2D eigenvalue weighted by molar-refractivity contribution is -0.142. The number of likely N-dealkylation sites (N-methyl/N-ethyl adjacent to an activating group) is 1. The number of rotatable bonds is 4. The predicted octanol–water partition coefficient (Wildman–Crippen LogP) is 1.09. The monoisotopic (exact) mass is 249 g/mol. The normalized spacial score (nSPS) is 12.2. The number of aliphatic hydroxyl groups is 1. The Balaban J connectivity index is 2.97. The number of hydrogen-bond donors (Lipinski definition) is 1. The fourth-order valence-corrected chi connectivity index (χ4v) is 1.25. The summed E-state index contributed by atoms with van der Waals surface area (Å²) in [5, 5.41) is 8.80. The summed E-state index contributed by atoms with van der Waals surface area (Å²) in [5.41, 5.74) is -1.35. The van der Waals surface area contributed by atoms with Crippen molar-refractivity contribution in [2.24, 2.45) is 0 Å². The van der Waals surface area contributed by atoms with Crippen LogP contribution in [0.1, 0.15) is 17.1 Å². The van der Waals surface area contributed by atoms with Gasteiger partial charge in [-0.15, -0.1) is 0 Å². The fraction of sp³-hybridized carbons (Fsp3) is 0.600. The third kappa shape index (κ3) is 3.94. The lowest BCUT2D eigenvalue weighted by atomic mass is 10.2. The van der Waals surface area contributed by atoms with Gasteiger partial charge in [0.2, 0.25) is 0 Å². The molecule has 0 atom stereocenters. The number of halogens is 3. The maximum absolute atomic E-state index is 12.6. The highest BCUT2D eigenvalue weighted by molar-refractivity contribution is 5.19. The average molecular weight is 249 g/mol. The molecule has 0 aliphatic rings. The summed E-state index contributed by atoms with van der Waals surface area (Å²) in [5.74, 6) is 0.128. The van der Waals surface area contributed by atoms with E-state index in [1.165, 1.54) is 0 Å². The molecule has 1 heterocycles. The van der Waals surface area contributed by atoms with E-state index in [0.717, 1.165) is 6.20 Å². The summed E-state index contributed by atoms with van der Waals surface area (Å²) in [7, 11) is 3.62. The zero-order chi connectivity index (χ0) is 13.1. The van der Waals surface area contributed by atoms with Gasteiger partial charge in [0.25, 0.3) is 0 Å². The number of alkyl halides is 3. The summed E-state index contributed by atoms with van der Waals surface area (Å²) in [6.45, 7) is -0.154. The first-order valence-corrected chi connectivity index (χ1v) is 5.02. The van der Waals surface area contributed by atoms with Gasteiger partial charge in [-0.2, -0.15) is 13.2 Å². The Morgan fingerprint density at radius 3 is 2.47 bits per heavy atom. The van der Waals surface area contributed by atoms with Gasteiger partial charge in [0.05, 0.1) is 6.61 Å². The molecule has 0 radical (unpaired) electrons. The average Bonchev–Trinajstić information content (AvgIpc) is 2.24. The molecule has 0 aliphatic carbocycles. The second-order valence-corrected chi connectivity index (χ2v) is 3.87. The van der Waals surface area contributed by atoms with Crippen molar-refractivity contribution >= 4 is 0 Å². The molecule has 1 rings (SSSR count). The van der Waals surface area contributed by atoms with Crippen LogP contribution in [-0.2, 0) is 19.2 Å². The first-order chi connectivity index (χ1) is 7.84. The second-order valence-electron chi connectivity index (χ2n) is 3.87. The SMILES string of the molecule is CN(C)CCc1ncc(CO)c(C(F)(F)F)n1. The second kappa shape index (κ2) is 5.42. The zero-order valence-electron chi connectivity index (χ0n) is 9.62.